The molecule has 7 nitrogen and oxygen atoms in total. The maximum atomic E-state index is 12.6. The van der Waals surface area contributed by atoms with Gasteiger partial charge in [0, 0.05) is 18.3 Å². The summed E-state index contributed by atoms with van der Waals surface area (Å²) in [6, 6.07) is 14.9. The van der Waals surface area contributed by atoms with Crippen LogP contribution >= 0.6 is 11.8 Å². The van der Waals surface area contributed by atoms with Crippen LogP contribution in [0.15, 0.2) is 60.0 Å². The highest BCUT2D eigenvalue weighted by molar-refractivity contribution is 8.00. The molecule has 8 heteroatoms. The molecule has 2 N–H and O–H groups in total. The Morgan fingerprint density at radius 2 is 1.68 bits per heavy atom. The molecular formula is C20H21N5O2S. The number of carbonyl (C=O) groups excluding carboxylic acids is 2. The number of carbonyl (C=O) groups is 2. The van der Waals surface area contributed by atoms with Crippen molar-refractivity contribution in [3.8, 4) is 5.69 Å². The van der Waals surface area contributed by atoms with Crippen LogP contribution in [-0.4, -0.2) is 31.8 Å². The first-order valence-corrected chi connectivity index (χ1v) is 9.63. The zero-order valence-electron chi connectivity index (χ0n) is 15.8. The van der Waals surface area contributed by atoms with Crippen LogP contribution in [0.4, 0.5) is 11.4 Å². The summed E-state index contributed by atoms with van der Waals surface area (Å²) in [7, 11) is 0. The van der Waals surface area contributed by atoms with Gasteiger partial charge in [0.05, 0.1) is 10.9 Å². The lowest BCUT2D eigenvalue weighted by Gasteiger charge is -2.13. The molecule has 1 aromatic heterocycles. The molecule has 28 heavy (non-hydrogen) atoms. The van der Waals surface area contributed by atoms with Crippen molar-refractivity contribution in [2.24, 2.45) is 0 Å². The Morgan fingerprint density at radius 3 is 2.32 bits per heavy atom. The maximum absolute atomic E-state index is 12.6. The van der Waals surface area contributed by atoms with E-state index in [9.17, 15) is 9.59 Å². The fourth-order valence-corrected chi connectivity index (χ4v) is 3.43. The minimum atomic E-state index is -0.373. The summed E-state index contributed by atoms with van der Waals surface area (Å²) >= 11 is 1.34. The monoisotopic (exact) mass is 395 g/mol. The average molecular weight is 395 g/mol. The highest BCUT2D eigenvalue weighted by atomic mass is 32.2. The molecule has 1 atom stereocenters. The quantitative estimate of drug-likeness (QED) is 0.622. The Balaban J connectivity index is 1.66. The minimum absolute atomic E-state index is 0.139. The highest BCUT2D eigenvalue weighted by Crippen LogP contribution is 2.26. The Kier molecular flexibility index (Phi) is 6.10. The summed E-state index contributed by atoms with van der Waals surface area (Å²) in [6.45, 7) is 5.29. The summed E-state index contributed by atoms with van der Waals surface area (Å²) in [6.07, 6.45) is 1.65. The van der Waals surface area contributed by atoms with E-state index < -0.39 is 0 Å². The number of amides is 2. The van der Waals surface area contributed by atoms with Gasteiger partial charge in [-0.1, -0.05) is 30.0 Å². The lowest BCUT2D eigenvalue weighted by atomic mass is 10.2. The van der Waals surface area contributed by atoms with Gasteiger partial charge in [-0.05, 0) is 49.7 Å². The Labute approximate surface area is 167 Å². The van der Waals surface area contributed by atoms with Gasteiger partial charge in [0.25, 0.3) is 0 Å². The van der Waals surface area contributed by atoms with Crippen molar-refractivity contribution in [2.75, 3.05) is 10.6 Å². The molecule has 0 radical (unpaired) electrons. The predicted octanol–water partition coefficient (Wildman–Crippen LogP) is 3.65. The second-order valence-electron chi connectivity index (χ2n) is 6.28. The smallest absolute Gasteiger partial charge is 0.237 e. The molecule has 0 unspecified atom stereocenters. The van der Waals surface area contributed by atoms with Crippen LogP contribution in [0.2, 0.25) is 0 Å². The largest absolute Gasteiger partial charge is 0.326 e. The summed E-state index contributed by atoms with van der Waals surface area (Å²) in [5.74, 6) is -0.281. The van der Waals surface area contributed by atoms with Gasteiger partial charge in [0.2, 0.25) is 11.8 Å². The molecule has 0 spiro atoms. The number of thioether (sulfide) groups is 1. The number of aryl methyl sites for hydroxylation is 1. The summed E-state index contributed by atoms with van der Waals surface area (Å²) in [5, 5.41) is 14.0. The van der Waals surface area contributed by atoms with Crippen molar-refractivity contribution >= 4 is 35.0 Å². The molecule has 3 rings (SSSR count). The van der Waals surface area contributed by atoms with Crippen molar-refractivity contribution in [1.82, 2.24) is 14.8 Å². The molecule has 0 saturated carbocycles. The predicted molar refractivity (Wildman–Crippen MR) is 111 cm³/mol. The van der Waals surface area contributed by atoms with Crippen LogP contribution in [0.1, 0.15) is 19.4 Å². The first kappa shape index (κ1) is 19.6. The molecule has 0 saturated heterocycles. The topological polar surface area (TPSA) is 88.9 Å². The molecular weight excluding hydrogens is 374 g/mol. The third kappa shape index (κ3) is 4.77. The van der Waals surface area contributed by atoms with E-state index in [1.165, 1.54) is 18.7 Å². The van der Waals surface area contributed by atoms with E-state index in [1.807, 2.05) is 42.7 Å². The number of nitrogens with one attached hydrogen (secondary N) is 2. The van der Waals surface area contributed by atoms with E-state index >= 15 is 0 Å². The van der Waals surface area contributed by atoms with E-state index in [0.717, 1.165) is 11.3 Å². The zero-order chi connectivity index (χ0) is 20.1. The molecule has 0 fully saturated rings. The fourth-order valence-electron chi connectivity index (χ4n) is 2.60. The van der Waals surface area contributed by atoms with Gasteiger partial charge in [-0.3, -0.25) is 14.2 Å². The van der Waals surface area contributed by atoms with E-state index in [-0.39, 0.29) is 17.1 Å². The van der Waals surface area contributed by atoms with Gasteiger partial charge in [0.15, 0.2) is 5.16 Å². The standard InChI is InChI=1S/C20H21N5O2S/c1-13-6-4-5-7-18(13)25-12-21-24-20(25)28-14(2)19(27)23-17-10-8-16(9-11-17)22-15(3)26/h4-12,14H,1-3H3,(H,22,26)(H,23,27)/t14-/m0/s1. The zero-order valence-corrected chi connectivity index (χ0v) is 16.7. The van der Waals surface area contributed by atoms with Crippen LogP contribution in [0, 0.1) is 6.92 Å². The molecule has 2 aromatic carbocycles. The number of aromatic nitrogens is 3. The molecule has 0 aliphatic heterocycles. The van der Waals surface area contributed by atoms with Gasteiger partial charge in [-0.25, -0.2) is 0 Å². The third-order valence-corrected chi connectivity index (χ3v) is 5.07. The number of hydrogen-bond acceptors (Lipinski definition) is 5. The molecule has 0 bridgehead atoms. The highest BCUT2D eigenvalue weighted by Gasteiger charge is 2.19. The second kappa shape index (κ2) is 8.71. The Hall–Kier alpha value is -3.13. The molecule has 2 amide bonds. The van der Waals surface area contributed by atoms with Crippen molar-refractivity contribution in [1.29, 1.82) is 0 Å². The number of nitrogens with zero attached hydrogens (tertiary/aromatic N) is 3. The summed E-state index contributed by atoms with van der Waals surface area (Å²) in [4.78, 5) is 23.6. The van der Waals surface area contributed by atoms with Crippen molar-refractivity contribution in [2.45, 2.75) is 31.2 Å². The number of anilines is 2. The van der Waals surface area contributed by atoms with Crippen molar-refractivity contribution in [3.63, 3.8) is 0 Å². The SMILES string of the molecule is CC(=O)Nc1ccc(NC(=O)[C@H](C)Sc2nncn2-c2ccccc2C)cc1. The van der Waals surface area contributed by atoms with Gasteiger partial charge < -0.3 is 10.6 Å². The third-order valence-electron chi connectivity index (χ3n) is 4.02. The van der Waals surface area contributed by atoms with Crippen molar-refractivity contribution < 1.29 is 9.59 Å². The van der Waals surface area contributed by atoms with E-state index in [4.69, 9.17) is 0 Å². The average Bonchev–Trinajstić information content (AvgIpc) is 3.11. The molecule has 3 aromatic rings. The van der Waals surface area contributed by atoms with Crippen LogP contribution in [0.5, 0.6) is 0 Å². The number of para-hydroxylation sites is 1. The van der Waals surface area contributed by atoms with Crippen molar-refractivity contribution in [3.05, 3.63) is 60.4 Å². The summed E-state index contributed by atoms with van der Waals surface area (Å²) < 4.78 is 1.88. The first-order valence-electron chi connectivity index (χ1n) is 8.75. The van der Waals surface area contributed by atoms with Crippen LogP contribution in [-0.2, 0) is 9.59 Å². The minimum Gasteiger partial charge on any atom is -0.326 e. The number of benzene rings is 2. The number of hydrogen-bond donors (Lipinski definition) is 2. The van der Waals surface area contributed by atoms with Crippen LogP contribution in [0.3, 0.4) is 0 Å². The lowest BCUT2D eigenvalue weighted by Crippen LogP contribution is -2.22. The first-order chi connectivity index (χ1) is 13.4. The molecule has 144 valence electrons. The van der Waals surface area contributed by atoms with E-state index in [1.54, 1.807) is 30.6 Å². The fraction of sp³-hybridized carbons (Fsp3) is 0.200. The molecule has 0 aliphatic rings. The Bertz CT molecular complexity index is 984. The lowest BCUT2D eigenvalue weighted by molar-refractivity contribution is -0.115. The number of rotatable bonds is 6. The van der Waals surface area contributed by atoms with E-state index in [2.05, 4.69) is 20.8 Å². The van der Waals surface area contributed by atoms with Crippen LogP contribution in [0.25, 0.3) is 5.69 Å². The van der Waals surface area contributed by atoms with Gasteiger partial charge in [0.1, 0.15) is 6.33 Å². The normalized spacial score (nSPS) is 11.7. The van der Waals surface area contributed by atoms with Crippen LogP contribution < -0.4 is 10.6 Å². The molecule has 0 aliphatic carbocycles. The van der Waals surface area contributed by atoms with E-state index in [0.29, 0.717) is 16.5 Å². The second-order valence-corrected chi connectivity index (χ2v) is 7.59. The summed E-state index contributed by atoms with van der Waals surface area (Å²) in [5.41, 5.74) is 3.42. The maximum Gasteiger partial charge on any atom is 0.237 e. The Morgan fingerprint density at radius 1 is 1.04 bits per heavy atom. The van der Waals surface area contributed by atoms with Gasteiger partial charge in [-0.15, -0.1) is 10.2 Å². The van der Waals surface area contributed by atoms with Gasteiger partial charge in [-0.2, -0.15) is 0 Å². The molecule has 1 heterocycles. The van der Waals surface area contributed by atoms with Gasteiger partial charge >= 0.3 is 0 Å².